The summed E-state index contributed by atoms with van der Waals surface area (Å²) in [6.45, 7) is 3.93. The molecule has 2 unspecified atom stereocenters. The number of carbonyl (C=O) groups is 1. The Labute approximate surface area is 265 Å². The molecule has 232 valence electrons. The van der Waals surface area contributed by atoms with Crippen LogP contribution in [0.15, 0.2) is 97.2 Å². The number of rotatable bonds is 11. The minimum Gasteiger partial charge on any atom is -0.497 e. The summed E-state index contributed by atoms with van der Waals surface area (Å²) in [6.07, 6.45) is 5.24. The molecule has 45 heavy (non-hydrogen) atoms. The maximum absolute atomic E-state index is 13.8. The van der Waals surface area contributed by atoms with Crippen LogP contribution >= 0.6 is 0 Å². The molecule has 0 radical (unpaired) electrons. The fourth-order valence-corrected chi connectivity index (χ4v) is 6.67. The largest absolute Gasteiger partial charge is 0.497 e. The number of H-pyrrole nitrogens is 1. The number of likely N-dealkylation sites (N-methyl/N-ethyl adjacent to an activating group) is 1. The van der Waals surface area contributed by atoms with Crippen molar-refractivity contribution in [2.24, 2.45) is 0 Å². The van der Waals surface area contributed by atoms with Gasteiger partial charge in [0.25, 0.3) is 5.91 Å². The van der Waals surface area contributed by atoms with Gasteiger partial charge in [-0.2, -0.15) is 0 Å². The van der Waals surface area contributed by atoms with E-state index in [0.29, 0.717) is 5.56 Å². The molecular weight excluding hydrogens is 560 g/mol. The molecule has 0 saturated carbocycles. The number of aromatic amines is 1. The highest BCUT2D eigenvalue weighted by Gasteiger charge is 2.36. The van der Waals surface area contributed by atoms with E-state index in [0.717, 1.165) is 72.8 Å². The van der Waals surface area contributed by atoms with Gasteiger partial charge >= 0.3 is 0 Å². The lowest BCUT2D eigenvalue weighted by atomic mass is 9.89. The number of ether oxygens (including phenoxy) is 1. The molecule has 8 nitrogen and oxygen atoms in total. The maximum Gasteiger partial charge on any atom is 0.254 e. The van der Waals surface area contributed by atoms with Crippen molar-refractivity contribution >= 4 is 22.9 Å². The minimum absolute atomic E-state index is 0.0333. The zero-order valence-electron chi connectivity index (χ0n) is 26.3. The molecule has 3 heterocycles. The molecule has 0 aliphatic carbocycles. The van der Waals surface area contributed by atoms with E-state index in [9.17, 15) is 4.79 Å². The molecular formula is C37H42N6O2. The third-order valence-corrected chi connectivity index (χ3v) is 9.00. The minimum atomic E-state index is -0.101. The predicted octanol–water partition coefficient (Wildman–Crippen LogP) is 6.73. The van der Waals surface area contributed by atoms with Gasteiger partial charge in [-0.15, -0.1) is 0 Å². The van der Waals surface area contributed by atoms with E-state index in [1.165, 1.54) is 5.56 Å². The number of likely N-dealkylation sites (tertiary alicyclic amines) is 1. The van der Waals surface area contributed by atoms with E-state index in [1.54, 1.807) is 7.11 Å². The normalized spacial score (nSPS) is 15.4. The summed E-state index contributed by atoms with van der Waals surface area (Å²) in [4.78, 5) is 31.2. The van der Waals surface area contributed by atoms with Crippen molar-refractivity contribution in [2.75, 3.05) is 32.6 Å². The molecule has 1 aliphatic rings. The smallest absolute Gasteiger partial charge is 0.254 e. The summed E-state index contributed by atoms with van der Waals surface area (Å²) in [5.74, 6) is 1.78. The third kappa shape index (κ3) is 6.86. The number of hydrogen-bond donors (Lipinski definition) is 2. The molecule has 1 saturated heterocycles. The Hall–Kier alpha value is -4.69. The number of imidazole rings is 1. The number of amides is 1. The number of benzene rings is 3. The molecule has 0 spiro atoms. The lowest BCUT2D eigenvalue weighted by Gasteiger charge is -2.45. The second-order valence-corrected chi connectivity index (χ2v) is 11.8. The summed E-state index contributed by atoms with van der Waals surface area (Å²) < 4.78 is 5.57. The van der Waals surface area contributed by atoms with Crippen LogP contribution in [0.2, 0.25) is 0 Å². The van der Waals surface area contributed by atoms with Gasteiger partial charge in [0.1, 0.15) is 5.75 Å². The van der Waals surface area contributed by atoms with Crippen molar-refractivity contribution in [3.8, 4) is 5.75 Å². The van der Waals surface area contributed by atoms with Crippen LogP contribution in [0.4, 0.5) is 5.95 Å². The van der Waals surface area contributed by atoms with Crippen molar-refractivity contribution in [1.82, 2.24) is 24.8 Å². The fraction of sp³-hybridized carbons (Fsp3) is 0.324. The number of carbonyl (C=O) groups excluding carboxylic acids is 1. The molecule has 1 amide bonds. The van der Waals surface area contributed by atoms with Crippen molar-refractivity contribution in [2.45, 2.75) is 50.7 Å². The van der Waals surface area contributed by atoms with Gasteiger partial charge in [0.2, 0.25) is 5.95 Å². The average Bonchev–Trinajstić information content (AvgIpc) is 3.51. The monoisotopic (exact) mass is 602 g/mol. The summed E-state index contributed by atoms with van der Waals surface area (Å²) in [5.41, 5.74) is 6.07. The van der Waals surface area contributed by atoms with Gasteiger partial charge in [0, 0.05) is 56.0 Å². The first-order chi connectivity index (χ1) is 22.0. The lowest BCUT2D eigenvalue weighted by molar-refractivity contribution is 0.0200. The summed E-state index contributed by atoms with van der Waals surface area (Å²) in [5, 5.41) is 3.68. The Bertz CT molecular complexity index is 1700. The zero-order chi connectivity index (χ0) is 31.2. The van der Waals surface area contributed by atoms with Crippen LogP contribution in [0, 0.1) is 0 Å². The highest BCUT2D eigenvalue weighted by Crippen LogP contribution is 2.33. The maximum atomic E-state index is 13.8. The lowest BCUT2D eigenvalue weighted by Crippen LogP contribution is -2.55. The fourth-order valence-electron chi connectivity index (χ4n) is 6.67. The average molecular weight is 603 g/mol. The number of para-hydroxylation sites is 1. The molecule has 1 aliphatic heterocycles. The highest BCUT2D eigenvalue weighted by atomic mass is 16.5. The van der Waals surface area contributed by atoms with Crippen LogP contribution in [0.5, 0.6) is 5.75 Å². The standard InChI is InChI=1S/C37H42N6O2/c1-4-32(27-14-10-17-31(25-27)45-3)35(42(2)36(44)26-12-6-5-7-13-26)43-22-19-29(20-23-43)39-37-40-33-18-11-15-28(34(33)41-37)24-30-16-8-9-21-38-30/h5-18,21,25,29,32,35H,4,19-20,22-24H2,1-3H3,(H2,39,40,41). The Morgan fingerprint density at radius 2 is 1.80 bits per heavy atom. The van der Waals surface area contributed by atoms with E-state index in [-0.39, 0.29) is 24.0 Å². The van der Waals surface area contributed by atoms with Crippen molar-refractivity contribution in [1.29, 1.82) is 0 Å². The summed E-state index contributed by atoms with van der Waals surface area (Å²) in [7, 11) is 3.65. The molecule has 3 aromatic carbocycles. The van der Waals surface area contributed by atoms with Crippen LogP contribution in [0.25, 0.3) is 11.0 Å². The van der Waals surface area contributed by atoms with Gasteiger partial charge in [0.05, 0.1) is 24.3 Å². The molecule has 2 aromatic heterocycles. The number of pyridine rings is 1. The molecule has 0 bridgehead atoms. The van der Waals surface area contributed by atoms with Crippen LogP contribution < -0.4 is 10.1 Å². The Morgan fingerprint density at radius 1 is 1.02 bits per heavy atom. The zero-order valence-corrected chi connectivity index (χ0v) is 26.3. The number of anilines is 1. The summed E-state index contributed by atoms with van der Waals surface area (Å²) in [6, 6.07) is 30.4. The second-order valence-electron chi connectivity index (χ2n) is 11.8. The van der Waals surface area contributed by atoms with Crippen LogP contribution in [-0.2, 0) is 6.42 Å². The molecule has 5 aromatic rings. The van der Waals surface area contributed by atoms with Gasteiger partial charge in [-0.1, -0.05) is 55.5 Å². The highest BCUT2D eigenvalue weighted by molar-refractivity contribution is 5.94. The van der Waals surface area contributed by atoms with Gasteiger partial charge in [-0.05, 0) is 72.9 Å². The predicted molar refractivity (Wildman–Crippen MR) is 180 cm³/mol. The van der Waals surface area contributed by atoms with E-state index < -0.39 is 0 Å². The molecule has 2 N–H and O–H groups in total. The van der Waals surface area contributed by atoms with Gasteiger partial charge in [0.15, 0.2) is 0 Å². The molecule has 2 atom stereocenters. The van der Waals surface area contributed by atoms with E-state index in [4.69, 9.17) is 9.72 Å². The summed E-state index contributed by atoms with van der Waals surface area (Å²) >= 11 is 0. The number of methoxy groups -OCH3 is 1. The van der Waals surface area contributed by atoms with Gasteiger partial charge in [-0.3, -0.25) is 14.7 Å². The molecule has 8 heteroatoms. The number of fused-ring (bicyclic) bond motifs is 1. The molecule has 6 rings (SSSR count). The number of aromatic nitrogens is 3. The Balaban J connectivity index is 1.19. The number of hydrogen-bond acceptors (Lipinski definition) is 6. The van der Waals surface area contributed by atoms with Gasteiger partial charge in [-0.25, -0.2) is 4.98 Å². The molecule has 1 fully saturated rings. The quantitative estimate of drug-likeness (QED) is 0.174. The van der Waals surface area contributed by atoms with E-state index in [2.05, 4.69) is 57.4 Å². The van der Waals surface area contributed by atoms with E-state index in [1.807, 2.05) is 78.8 Å². The number of nitrogens with one attached hydrogen (secondary N) is 2. The van der Waals surface area contributed by atoms with Crippen molar-refractivity contribution in [3.05, 3.63) is 120 Å². The SMILES string of the molecule is CCC(c1cccc(OC)c1)C(N1CCC(Nc2nc3c(Cc4ccccn4)cccc3[nH]2)CC1)N(C)C(=O)c1ccccc1. The first kappa shape index (κ1) is 30.3. The van der Waals surface area contributed by atoms with Crippen LogP contribution in [-0.4, -0.2) is 70.1 Å². The first-order valence-electron chi connectivity index (χ1n) is 15.9. The van der Waals surface area contributed by atoms with Crippen molar-refractivity contribution in [3.63, 3.8) is 0 Å². The van der Waals surface area contributed by atoms with E-state index >= 15 is 0 Å². The Kier molecular flexibility index (Phi) is 9.41. The third-order valence-electron chi connectivity index (χ3n) is 9.00. The van der Waals surface area contributed by atoms with Gasteiger partial charge < -0.3 is 19.9 Å². The Morgan fingerprint density at radius 3 is 2.53 bits per heavy atom. The van der Waals surface area contributed by atoms with Crippen LogP contribution in [0.3, 0.4) is 0 Å². The van der Waals surface area contributed by atoms with Crippen LogP contribution in [0.1, 0.15) is 59.3 Å². The first-order valence-corrected chi connectivity index (χ1v) is 15.9. The number of nitrogens with zero attached hydrogens (tertiary/aromatic N) is 4. The number of piperidine rings is 1. The topological polar surface area (TPSA) is 86.4 Å². The van der Waals surface area contributed by atoms with Crippen molar-refractivity contribution < 1.29 is 9.53 Å². The second kappa shape index (κ2) is 13.9.